The van der Waals surface area contributed by atoms with E-state index in [0.29, 0.717) is 24.9 Å². The van der Waals surface area contributed by atoms with Crippen LogP contribution in [-0.4, -0.2) is 25.5 Å². The Hall–Kier alpha value is -1.82. The maximum Gasteiger partial charge on any atom is 0.159 e. The summed E-state index contributed by atoms with van der Waals surface area (Å²) in [5, 5.41) is 14.9. The monoisotopic (exact) mass is 293 g/mol. The Balaban J connectivity index is 1.75. The Labute approximate surface area is 121 Å². The van der Waals surface area contributed by atoms with Crippen LogP contribution in [0.25, 0.3) is 0 Å². The molecule has 2 atom stereocenters. The second-order valence-corrected chi connectivity index (χ2v) is 5.74. The lowest BCUT2D eigenvalue weighted by Gasteiger charge is -2.30. The summed E-state index contributed by atoms with van der Waals surface area (Å²) < 4.78 is 27.9. The van der Waals surface area contributed by atoms with Gasteiger partial charge >= 0.3 is 0 Å². The predicted molar refractivity (Wildman–Crippen MR) is 72.4 cm³/mol. The van der Waals surface area contributed by atoms with Crippen LogP contribution in [-0.2, 0) is 13.0 Å². The highest BCUT2D eigenvalue weighted by molar-refractivity contribution is 5.19. The third-order valence-electron chi connectivity index (χ3n) is 4.29. The average molecular weight is 293 g/mol. The minimum absolute atomic E-state index is 0.00608. The van der Waals surface area contributed by atoms with Crippen LogP contribution in [0.5, 0.6) is 0 Å². The van der Waals surface area contributed by atoms with Gasteiger partial charge in [-0.15, -0.1) is 0 Å². The quantitative estimate of drug-likeness (QED) is 0.941. The van der Waals surface area contributed by atoms with Gasteiger partial charge in [0.2, 0.25) is 0 Å². The molecule has 1 aliphatic rings. The second kappa shape index (κ2) is 5.52. The fourth-order valence-corrected chi connectivity index (χ4v) is 3.17. The first-order valence-electron chi connectivity index (χ1n) is 7.05. The first kappa shape index (κ1) is 14.1. The Morgan fingerprint density at radius 1 is 1.33 bits per heavy atom. The van der Waals surface area contributed by atoms with Gasteiger partial charge in [0.1, 0.15) is 12.7 Å². The molecule has 21 heavy (non-hydrogen) atoms. The molecule has 1 saturated carbocycles. The van der Waals surface area contributed by atoms with Crippen molar-refractivity contribution in [2.45, 2.75) is 37.8 Å². The molecule has 1 aromatic heterocycles. The average Bonchev–Trinajstić information content (AvgIpc) is 3.06. The number of nitrogens with zero attached hydrogens (tertiary/aromatic N) is 3. The highest BCUT2D eigenvalue weighted by Crippen LogP contribution is 2.39. The molecule has 0 spiro atoms. The van der Waals surface area contributed by atoms with Crippen LogP contribution in [0.4, 0.5) is 8.78 Å². The summed E-state index contributed by atoms with van der Waals surface area (Å²) in [7, 11) is 0. The molecule has 1 fully saturated rings. The summed E-state index contributed by atoms with van der Waals surface area (Å²) in [6.07, 6.45) is 6.00. The van der Waals surface area contributed by atoms with Crippen LogP contribution in [0.15, 0.2) is 30.9 Å². The van der Waals surface area contributed by atoms with Crippen LogP contribution >= 0.6 is 0 Å². The molecule has 0 radical (unpaired) electrons. The summed E-state index contributed by atoms with van der Waals surface area (Å²) in [4.78, 5) is 3.88. The van der Waals surface area contributed by atoms with Crippen molar-refractivity contribution in [1.29, 1.82) is 0 Å². The first-order chi connectivity index (χ1) is 10.1. The van der Waals surface area contributed by atoms with E-state index in [4.69, 9.17) is 0 Å². The maximum absolute atomic E-state index is 13.3. The predicted octanol–water partition coefficient (Wildman–Crippen LogP) is 2.33. The molecule has 0 amide bonds. The Kier molecular flexibility index (Phi) is 3.71. The van der Waals surface area contributed by atoms with Gasteiger partial charge in [-0.3, -0.25) is 4.68 Å². The van der Waals surface area contributed by atoms with E-state index in [2.05, 4.69) is 10.1 Å². The number of hydrogen-bond donors (Lipinski definition) is 1. The zero-order valence-electron chi connectivity index (χ0n) is 11.5. The van der Waals surface area contributed by atoms with Gasteiger partial charge < -0.3 is 5.11 Å². The van der Waals surface area contributed by atoms with E-state index in [0.717, 1.165) is 18.9 Å². The minimum atomic E-state index is -0.876. The van der Waals surface area contributed by atoms with E-state index in [1.165, 1.54) is 12.4 Å². The van der Waals surface area contributed by atoms with E-state index in [1.54, 1.807) is 17.1 Å². The molecule has 1 N–H and O–H groups in total. The van der Waals surface area contributed by atoms with Crippen molar-refractivity contribution >= 4 is 0 Å². The SMILES string of the molecule is OC1(Cn2cncn2)CCCC1Cc1ccc(F)c(F)c1. The summed E-state index contributed by atoms with van der Waals surface area (Å²) in [6.45, 7) is 0.376. The van der Waals surface area contributed by atoms with Crippen molar-refractivity contribution in [1.82, 2.24) is 14.8 Å². The van der Waals surface area contributed by atoms with E-state index >= 15 is 0 Å². The highest BCUT2D eigenvalue weighted by atomic mass is 19.2. The lowest BCUT2D eigenvalue weighted by Crippen LogP contribution is -2.39. The summed E-state index contributed by atoms with van der Waals surface area (Å²) in [5.41, 5.74) is -0.170. The van der Waals surface area contributed by atoms with E-state index < -0.39 is 17.2 Å². The largest absolute Gasteiger partial charge is 0.388 e. The molecule has 3 rings (SSSR count). The molecule has 1 aliphatic carbocycles. The number of aromatic nitrogens is 3. The van der Waals surface area contributed by atoms with E-state index in [9.17, 15) is 13.9 Å². The zero-order chi connectivity index (χ0) is 14.9. The van der Waals surface area contributed by atoms with Crippen LogP contribution in [0.3, 0.4) is 0 Å². The van der Waals surface area contributed by atoms with Crippen LogP contribution in [0.2, 0.25) is 0 Å². The topological polar surface area (TPSA) is 50.9 Å². The second-order valence-electron chi connectivity index (χ2n) is 5.74. The molecule has 2 aromatic rings. The van der Waals surface area contributed by atoms with Gasteiger partial charge in [0.05, 0.1) is 12.1 Å². The Morgan fingerprint density at radius 3 is 2.90 bits per heavy atom. The number of rotatable bonds is 4. The summed E-state index contributed by atoms with van der Waals surface area (Å²) in [6, 6.07) is 3.92. The van der Waals surface area contributed by atoms with Gasteiger partial charge in [0, 0.05) is 0 Å². The lowest BCUT2D eigenvalue weighted by atomic mass is 9.85. The molecule has 4 nitrogen and oxygen atoms in total. The smallest absolute Gasteiger partial charge is 0.159 e. The van der Waals surface area contributed by atoms with Crippen LogP contribution in [0, 0.1) is 17.6 Å². The van der Waals surface area contributed by atoms with Crippen LogP contribution in [0.1, 0.15) is 24.8 Å². The minimum Gasteiger partial charge on any atom is -0.388 e. The van der Waals surface area contributed by atoms with Crippen molar-refractivity contribution in [3.05, 3.63) is 48.1 Å². The van der Waals surface area contributed by atoms with Crippen molar-refractivity contribution in [2.75, 3.05) is 0 Å². The maximum atomic E-state index is 13.3. The normalized spacial score (nSPS) is 25.4. The molecule has 0 bridgehead atoms. The van der Waals surface area contributed by atoms with Crippen molar-refractivity contribution < 1.29 is 13.9 Å². The number of hydrogen-bond acceptors (Lipinski definition) is 3. The van der Waals surface area contributed by atoms with E-state index in [-0.39, 0.29) is 5.92 Å². The third kappa shape index (κ3) is 2.95. The molecule has 1 aromatic carbocycles. The Bertz CT molecular complexity index is 617. The first-order valence-corrected chi connectivity index (χ1v) is 7.05. The molecule has 0 saturated heterocycles. The number of aliphatic hydroxyl groups is 1. The van der Waals surface area contributed by atoms with Crippen LogP contribution < -0.4 is 0 Å². The summed E-state index contributed by atoms with van der Waals surface area (Å²) in [5.74, 6) is -1.68. The Morgan fingerprint density at radius 2 is 2.19 bits per heavy atom. The standard InChI is InChI=1S/C15H17F2N3O/c16-13-4-3-11(7-14(13)17)6-12-2-1-5-15(12,21)8-20-10-18-9-19-20/h3-4,7,9-10,12,21H,1-2,5-6,8H2. The van der Waals surface area contributed by atoms with Gasteiger partial charge in [-0.25, -0.2) is 13.8 Å². The van der Waals surface area contributed by atoms with Gasteiger partial charge in [-0.1, -0.05) is 12.5 Å². The molecule has 0 aliphatic heterocycles. The fraction of sp³-hybridized carbons (Fsp3) is 0.467. The molecule has 2 unspecified atom stereocenters. The highest BCUT2D eigenvalue weighted by Gasteiger charge is 2.41. The van der Waals surface area contributed by atoms with Crippen molar-refractivity contribution in [3.8, 4) is 0 Å². The van der Waals surface area contributed by atoms with Gasteiger partial charge in [0.25, 0.3) is 0 Å². The fourth-order valence-electron chi connectivity index (χ4n) is 3.17. The van der Waals surface area contributed by atoms with Gasteiger partial charge in [-0.2, -0.15) is 5.10 Å². The molecule has 1 heterocycles. The number of halogens is 2. The molecule has 6 heteroatoms. The number of benzene rings is 1. The molecular formula is C15H17F2N3O. The summed E-state index contributed by atoms with van der Waals surface area (Å²) >= 11 is 0. The van der Waals surface area contributed by atoms with Gasteiger partial charge in [-0.05, 0) is 42.9 Å². The van der Waals surface area contributed by atoms with Crippen molar-refractivity contribution in [2.24, 2.45) is 5.92 Å². The lowest BCUT2D eigenvalue weighted by molar-refractivity contribution is -0.0163. The molecular weight excluding hydrogens is 276 g/mol. The van der Waals surface area contributed by atoms with Gasteiger partial charge in [0.15, 0.2) is 11.6 Å². The molecule has 112 valence electrons. The zero-order valence-corrected chi connectivity index (χ0v) is 11.5. The third-order valence-corrected chi connectivity index (χ3v) is 4.29. The van der Waals surface area contributed by atoms with E-state index in [1.807, 2.05) is 0 Å². The van der Waals surface area contributed by atoms with Crippen molar-refractivity contribution in [3.63, 3.8) is 0 Å².